The van der Waals surface area contributed by atoms with Crippen LogP contribution >= 0.6 is 0 Å². The predicted octanol–water partition coefficient (Wildman–Crippen LogP) is 0.983. The van der Waals surface area contributed by atoms with Crippen molar-refractivity contribution < 1.29 is 14.7 Å². The Bertz CT molecular complexity index is 478. The van der Waals surface area contributed by atoms with Crippen LogP contribution in [0.5, 0.6) is 0 Å². The molecule has 0 fully saturated rings. The number of carbonyl (C=O) groups is 2. The molecule has 0 spiro atoms. The summed E-state index contributed by atoms with van der Waals surface area (Å²) in [5, 5.41) is 21.3. The van der Waals surface area contributed by atoms with E-state index in [2.05, 4.69) is 25.8 Å². The fourth-order valence-electron chi connectivity index (χ4n) is 1.58. The summed E-state index contributed by atoms with van der Waals surface area (Å²) in [6, 6.07) is -0.469. The van der Waals surface area contributed by atoms with Gasteiger partial charge >= 0.3 is 12.0 Å². The van der Waals surface area contributed by atoms with Gasteiger partial charge in [0, 0.05) is 13.0 Å². The van der Waals surface area contributed by atoms with E-state index in [1.165, 1.54) is 0 Å². The number of carboxylic acids is 1. The molecule has 8 heteroatoms. The van der Waals surface area contributed by atoms with Gasteiger partial charge < -0.3 is 10.4 Å². The van der Waals surface area contributed by atoms with Crippen molar-refractivity contribution in [3.8, 4) is 0 Å². The Morgan fingerprint density at radius 2 is 1.85 bits per heavy atom. The normalized spacial score (nSPS) is 10.1. The zero-order chi connectivity index (χ0) is 15.0. The zero-order valence-corrected chi connectivity index (χ0v) is 11.6. The molecule has 0 aliphatic heterocycles. The van der Waals surface area contributed by atoms with E-state index in [1.807, 2.05) is 13.8 Å². The number of hydrogen-bond acceptors (Lipinski definition) is 5. The highest BCUT2D eigenvalue weighted by atomic mass is 16.4. The summed E-state index contributed by atoms with van der Waals surface area (Å²) in [5.74, 6) is -0.739. The van der Waals surface area contributed by atoms with Gasteiger partial charge in [0.15, 0.2) is 0 Å². The second kappa shape index (κ2) is 8.03. The number of anilines is 1. The van der Waals surface area contributed by atoms with Gasteiger partial charge in [0.2, 0.25) is 0 Å². The van der Waals surface area contributed by atoms with Crippen LogP contribution in [0.15, 0.2) is 0 Å². The van der Waals surface area contributed by atoms with Crippen molar-refractivity contribution in [3.63, 3.8) is 0 Å². The van der Waals surface area contributed by atoms with Crippen molar-refractivity contribution in [1.29, 1.82) is 0 Å². The molecule has 2 amide bonds. The third kappa shape index (κ3) is 5.17. The van der Waals surface area contributed by atoms with Crippen LogP contribution in [0.1, 0.15) is 38.1 Å². The second-order valence-corrected chi connectivity index (χ2v) is 4.11. The third-order valence-electron chi connectivity index (χ3n) is 2.59. The third-order valence-corrected chi connectivity index (χ3v) is 2.59. The van der Waals surface area contributed by atoms with Crippen molar-refractivity contribution >= 4 is 17.9 Å². The molecule has 0 aliphatic rings. The standard InChI is InChI=1S/C12H19N5O3/c1-3-8-9(4-2)16-17-11(14-8)15-12(20)13-7-5-6-10(18)19/h3-7H2,1-2H3,(H,18,19)(H2,13,14,15,17,20). The Balaban J connectivity index is 2.47. The Morgan fingerprint density at radius 3 is 2.45 bits per heavy atom. The smallest absolute Gasteiger partial charge is 0.321 e. The van der Waals surface area contributed by atoms with Gasteiger partial charge in [-0.05, 0) is 19.3 Å². The van der Waals surface area contributed by atoms with E-state index in [4.69, 9.17) is 5.11 Å². The minimum Gasteiger partial charge on any atom is -0.481 e. The van der Waals surface area contributed by atoms with Gasteiger partial charge in [-0.1, -0.05) is 13.8 Å². The molecule has 110 valence electrons. The van der Waals surface area contributed by atoms with Gasteiger partial charge in [0.25, 0.3) is 5.95 Å². The first kappa shape index (κ1) is 15.8. The monoisotopic (exact) mass is 281 g/mol. The maximum Gasteiger partial charge on any atom is 0.321 e. The molecule has 0 aliphatic carbocycles. The van der Waals surface area contributed by atoms with E-state index < -0.39 is 12.0 Å². The summed E-state index contributed by atoms with van der Waals surface area (Å²) >= 11 is 0. The highest BCUT2D eigenvalue weighted by Crippen LogP contribution is 2.06. The van der Waals surface area contributed by atoms with Crippen LogP contribution in [0.2, 0.25) is 0 Å². The van der Waals surface area contributed by atoms with Gasteiger partial charge in [-0.25, -0.2) is 9.78 Å². The van der Waals surface area contributed by atoms with Gasteiger partial charge in [0.05, 0.1) is 11.4 Å². The van der Waals surface area contributed by atoms with Crippen LogP contribution in [0.3, 0.4) is 0 Å². The second-order valence-electron chi connectivity index (χ2n) is 4.11. The largest absolute Gasteiger partial charge is 0.481 e. The number of aryl methyl sites for hydroxylation is 2. The quantitative estimate of drug-likeness (QED) is 0.641. The summed E-state index contributed by atoms with van der Waals surface area (Å²) in [5.41, 5.74) is 1.63. The fourth-order valence-corrected chi connectivity index (χ4v) is 1.58. The maximum absolute atomic E-state index is 11.5. The van der Waals surface area contributed by atoms with Crippen LogP contribution in [0.4, 0.5) is 10.7 Å². The maximum atomic E-state index is 11.5. The molecule has 1 rings (SSSR count). The van der Waals surface area contributed by atoms with E-state index in [0.29, 0.717) is 12.8 Å². The van der Waals surface area contributed by atoms with Crippen LogP contribution in [-0.4, -0.2) is 38.8 Å². The number of carboxylic acid groups (broad SMARTS) is 1. The summed E-state index contributed by atoms with van der Waals surface area (Å²) in [4.78, 5) is 26.1. The van der Waals surface area contributed by atoms with Crippen molar-refractivity contribution in [1.82, 2.24) is 20.5 Å². The van der Waals surface area contributed by atoms with E-state index in [9.17, 15) is 9.59 Å². The van der Waals surface area contributed by atoms with Crippen molar-refractivity contribution in [2.75, 3.05) is 11.9 Å². The minimum atomic E-state index is -0.887. The van der Waals surface area contributed by atoms with Crippen molar-refractivity contribution in [3.05, 3.63) is 11.4 Å². The Kier molecular flexibility index (Phi) is 6.34. The van der Waals surface area contributed by atoms with Crippen LogP contribution in [0.25, 0.3) is 0 Å². The van der Waals surface area contributed by atoms with E-state index in [1.54, 1.807) is 0 Å². The molecule has 8 nitrogen and oxygen atoms in total. The Labute approximate surface area is 117 Å². The average Bonchev–Trinajstić information content (AvgIpc) is 2.43. The molecule has 0 saturated carbocycles. The summed E-state index contributed by atoms with van der Waals surface area (Å²) in [6.07, 6.45) is 1.85. The van der Waals surface area contributed by atoms with Gasteiger partial charge in [-0.2, -0.15) is 0 Å². The lowest BCUT2D eigenvalue weighted by atomic mass is 10.2. The molecular weight excluding hydrogens is 262 g/mol. The van der Waals surface area contributed by atoms with Crippen LogP contribution in [0, 0.1) is 0 Å². The van der Waals surface area contributed by atoms with Gasteiger partial charge in [-0.3, -0.25) is 10.1 Å². The lowest BCUT2D eigenvalue weighted by molar-refractivity contribution is -0.137. The number of aromatic nitrogens is 3. The topological polar surface area (TPSA) is 117 Å². The lowest BCUT2D eigenvalue weighted by Gasteiger charge is -2.07. The van der Waals surface area contributed by atoms with Crippen molar-refractivity contribution in [2.45, 2.75) is 39.5 Å². The molecule has 0 atom stereocenters. The molecule has 0 bridgehead atoms. The number of aliphatic carboxylic acids is 1. The molecule has 1 heterocycles. The lowest BCUT2D eigenvalue weighted by Crippen LogP contribution is -2.30. The minimum absolute atomic E-state index is 0.0174. The summed E-state index contributed by atoms with van der Waals surface area (Å²) in [6.45, 7) is 4.20. The van der Waals surface area contributed by atoms with Gasteiger partial charge in [-0.15, -0.1) is 10.2 Å². The number of urea groups is 1. The zero-order valence-electron chi connectivity index (χ0n) is 11.6. The number of nitrogens with one attached hydrogen (secondary N) is 2. The van der Waals surface area contributed by atoms with Crippen molar-refractivity contribution in [2.24, 2.45) is 0 Å². The molecule has 1 aromatic heterocycles. The van der Waals surface area contributed by atoms with E-state index >= 15 is 0 Å². The molecule has 0 aromatic carbocycles. The number of rotatable bonds is 7. The van der Waals surface area contributed by atoms with E-state index in [-0.39, 0.29) is 18.9 Å². The molecule has 0 saturated heterocycles. The molecule has 0 radical (unpaired) electrons. The number of hydrogen-bond donors (Lipinski definition) is 3. The molecule has 0 unspecified atom stereocenters. The highest BCUT2D eigenvalue weighted by molar-refractivity contribution is 5.87. The van der Waals surface area contributed by atoms with Crippen LogP contribution < -0.4 is 10.6 Å². The fraction of sp³-hybridized carbons (Fsp3) is 0.583. The SMILES string of the molecule is CCc1nnc(NC(=O)NCCCC(=O)O)nc1CC. The van der Waals surface area contributed by atoms with Gasteiger partial charge in [0.1, 0.15) is 0 Å². The molecule has 1 aromatic rings. The summed E-state index contributed by atoms with van der Waals surface area (Å²) < 4.78 is 0. The molecular formula is C12H19N5O3. The Hall–Kier alpha value is -2.25. The average molecular weight is 281 g/mol. The highest BCUT2D eigenvalue weighted by Gasteiger charge is 2.08. The number of nitrogens with zero attached hydrogens (tertiary/aromatic N) is 3. The Morgan fingerprint density at radius 1 is 1.15 bits per heavy atom. The molecule has 3 N–H and O–H groups in total. The summed E-state index contributed by atoms with van der Waals surface area (Å²) in [7, 11) is 0. The predicted molar refractivity (Wildman–Crippen MR) is 72.5 cm³/mol. The first-order valence-electron chi connectivity index (χ1n) is 6.55. The number of amides is 2. The van der Waals surface area contributed by atoms with E-state index in [0.717, 1.165) is 17.8 Å². The number of carbonyl (C=O) groups excluding carboxylic acids is 1. The molecule has 20 heavy (non-hydrogen) atoms. The first-order chi connectivity index (χ1) is 9.56. The van der Waals surface area contributed by atoms with Crippen LogP contribution in [-0.2, 0) is 17.6 Å². The first-order valence-corrected chi connectivity index (χ1v) is 6.55.